The van der Waals surface area contributed by atoms with E-state index in [9.17, 15) is 4.79 Å². The molecule has 1 aromatic heterocycles. The van der Waals surface area contributed by atoms with E-state index >= 15 is 0 Å². The third kappa shape index (κ3) is 3.30. The summed E-state index contributed by atoms with van der Waals surface area (Å²) in [5.41, 5.74) is 1.06. The van der Waals surface area contributed by atoms with Gasteiger partial charge in [-0.25, -0.2) is 4.98 Å². The third-order valence-corrected chi connectivity index (χ3v) is 3.54. The number of aromatic nitrogens is 1. The predicted molar refractivity (Wildman–Crippen MR) is 69.3 cm³/mol. The predicted octanol–water partition coefficient (Wildman–Crippen LogP) is 3.38. The van der Waals surface area contributed by atoms with E-state index in [1.165, 1.54) is 0 Å². The SMILES string of the molecule is Cc1cc(NC(=O)C(C)C(C)C)ncc1Br. The summed E-state index contributed by atoms with van der Waals surface area (Å²) in [4.78, 5) is 15.9. The van der Waals surface area contributed by atoms with Crippen LogP contribution in [0.25, 0.3) is 0 Å². The fraction of sp³-hybridized carbons (Fsp3) is 0.500. The second-order valence-corrected chi connectivity index (χ2v) is 5.20. The van der Waals surface area contributed by atoms with E-state index < -0.39 is 0 Å². The highest BCUT2D eigenvalue weighted by atomic mass is 79.9. The Kier molecular flexibility index (Phi) is 4.47. The zero-order chi connectivity index (χ0) is 12.3. The molecule has 1 N–H and O–H groups in total. The first-order valence-corrected chi connectivity index (χ1v) is 6.14. The molecule has 0 bridgehead atoms. The maximum atomic E-state index is 11.8. The van der Waals surface area contributed by atoms with Crippen molar-refractivity contribution in [2.75, 3.05) is 5.32 Å². The summed E-state index contributed by atoms with van der Waals surface area (Å²) in [5, 5.41) is 2.82. The number of carbonyl (C=O) groups is 1. The molecule has 0 aliphatic heterocycles. The number of aryl methyl sites for hydroxylation is 1. The first-order chi connectivity index (χ1) is 7.41. The molecular weight excluding hydrogens is 268 g/mol. The fourth-order valence-electron chi connectivity index (χ4n) is 1.15. The molecule has 0 aromatic carbocycles. The van der Waals surface area contributed by atoms with E-state index in [4.69, 9.17) is 0 Å². The number of nitrogens with zero attached hydrogens (tertiary/aromatic N) is 1. The van der Waals surface area contributed by atoms with Crippen LogP contribution in [0, 0.1) is 18.8 Å². The van der Waals surface area contributed by atoms with Gasteiger partial charge in [0.25, 0.3) is 0 Å². The van der Waals surface area contributed by atoms with Gasteiger partial charge >= 0.3 is 0 Å². The first kappa shape index (κ1) is 13.2. The molecule has 0 saturated heterocycles. The van der Waals surface area contributed by atoms with Gasteiger partial charge in [-0.1, -0.05) is 20.8 Å². The molecule has 0 radical (unpaired) electrons. The van der Waals surface area contributed by atoms with E-state index in [-0.39, 0.29) is 11.8 Å². The van der Waals surface area contributed by atoms with Gasteiger partial charge in [0, 0.05) is 16.6 Å². The number of amides is 1. The molecule has 0 fully saturated rings. The van der Waals surface area contributed by atoms with Crippen LogP contribution in [0.2, 0.25) is 0 Å². The van der Waals surface area contributed by atoms with Crippen molar-refractivity contribution in [1.82, 2.24) is 4.98 Å². The van der Waals surface area contributed by atoms with Gasteiger partial charge in [-0.3, -0.25) is 4.79 Å². The van der Waals surface area contributed by atoms with Crippen LogP contribution in [0.3, 0.4) is 0 Å². The molecule has 88 valence electrons. The summed E-state index contributed by atoms with van der Waals surface area (Å²) in [6.45, 7) is 7.95. The molecule has 0 spiro atoms. The average molecular weight is 285 g/mol. The molecule has 3 nitrogen and oxygen atoms in total. The first-order valence-electron chi connectivity index (χ1n) is 5.34. The van der Waals surface area contributed by atoms with Gasteiger partial charge in [0.1, 0.15) is 5.82 Å². The van der Waals surface area contributed by atoms with Gasteiger partial charge in [0.15, 0.2) is 0 Å². The largest absolute Gasteiger partial charge is 0.310 e. The molecule has 0 aliphatic rings. The van der Waals surface area contributed by atoms with E-state index in [2.05, 4.69) is 26.2 Å². The summed E-state index contributed by atoms with van der Waals surface area (Å²) >= 11 is 3.37. The topological polar surface area (TPSA) is 42.0 Å². The normalized spacial score (nSPS) is 12.6. The smallest absolute Gasteiger partial charge is 0.228 e. The molecular formula is C12H17BrN2O. The minimum Gasteiger partial charge on any atom is -0.310 e. The summed E-state index contributed by atoms with van der Waals surface area (Å²) in [5.74, 6) is 0.949. The lowest BCUT2D eigenvalue weighted by atomic mass is 9.97. The summed E-state index contributed by atoms with van der Waals surface area (Å²) in [7, 11) is 0. The van der Waals surface area contributed by atoms with Crippen molar-refractivity contribution >= 4 is 27.7 Å². The minimum atomic E-state index is -0.00856. The number of pyridine rings is 1. The van der Waals surface area contributed by atoms with Crippen molar-refractivity contribution in [3.8, 4) is 0 Å². The molecule has 4 heteroatoms. The van der Waals surface area contributed by atoms with Crippen molar-refractivity contribution in [1.29, 1.82) is 0 Å². The lowest BCUT2D eigenvalue weighted by Gasteiger charge is -2.15. The molecule has 0 aliphatic carbocycles. The molecule has 1 rings (SSSR count). The Morgan fingerprint density at radius 1 is 1.44 bits per heavy atom. The van der Waals surface area contributed by atoms with Crippen LogP contribution < -0.4 is 5.32 Å². The molecule has 0 saturated carbocycles. The zero-order valence-corrected chi connectivity index (χ0v) is 11.6. The number of hydrogen-bond donors (Lipinski definition) is 1. The van der Waals surface area contributed by atoms with Crippen LogP contribution in [0.1, 0.15) is 26.3 Å². The Morgan fingerprint density at radius 3 is 2.56 bits per heavy atom. The number of carbonyl (C=O) groups excluding carboxylic acids is 1. The molecule has 1 heterocycles. The number of nitrogens with one attached hydrogen (secondary N) is 1. The second-order valence-electron chi connectivity index (χ2n) is 4.34. The number of hydrogen-bond acceptors (Lipinski definition) is 2. The lowest BCUT2D eigenvalue weighted by molar-refractivity contribution is -0.120. The summed E-state index contributed by atoms with van der Waals surface area (Å²) in [6.07, 6.45) is 1.70. The summed E-state index contributed by atoms with van der Waals surface area (Å²) in [6, 6.07) is 1.86. The van der Waals surface area contributed by atoms with Crippen LogP contribution in [0.5, 0.6) is 0 Å². The molecule has 1 atom stereocenters. The van der Waals surface area contributed by atoms with Crippen LogP contribution in [-0.2, 0) is 4.79 Å². The Bertz CT molecular complexity index is 391. The Labute approximate surface area is 105 Å². The Hall–Kier alpha value is -0.900. The van der Waals surface area contributed by atoms with Gasteiger partial charge < -0.3 is 5.32 Å². The van der Waals surface area contributed by atoms with E-state index in [0.717, 1.165) is 10.0 Å². The van der Waals surface area contributed by atoms with Crippen molar-refractivity contribution in [3.05, 3.63) is 22.3 Å². The van der Waals surface area contributed by atoms with Gasteiger partial charge in [0.05, 0.1) is 0 Å². The van der Waals surface area contributed by atoms with E-state index in [0.29, 0.717) is 11.7 Å². The highest BCUT2D eigenvalue weighted by Crippen LogP contribution is 2.18. The minimum absolute atomic E-state index is 0.00856. The Morgan fingerprint density at radius 2 is 2.06 bits per heavy atom. The average Bonchev–Trinajstić information content (AvgIpc) is 2.22. The quantitative estimate of drug-likeness (QED) is 0.925. The van der Waals surface area contributed by atoms with Gasteiger partial charge in [-0.05, 0) is 40.4 Å². The standard InChI is InChI=1S/C12H17BrN2O/c1-7(2)9(4)12(16)15-11-5-8(3)10(13)6-14-11/h5-7,9H,1-4H3,(H,14,15,16). The Balaban J connectivity index is 2.74. The van der Waals surface area contributed by atoms with Crippen LogP contribution in [-0.4, -0.2) is 10.9 Å². The van der Waals surface area contributed by atoms with Crippen LogP contribution >= 0.6 is 15.9 Å². The molecule has 1 aromatic rings. The van der Waals surface area contributed by atoms with Gasteiger partial charge in [-0.15, -0.1) is 0 Å². The van der Waals surface area contributed by atoms with Crippen molar-refractivity contribution in [2.24, 2.45) is 11.8 Å². The highest BCUT2D eigenvalue weighted by Gasteiger charge is 2.17. The van der Waals surface area contributed by atoms with Crippen LogP contribution in [0.15, 0.2) is 16.7 Å². The molecule has 1 unspecified atom stereocenters. The molecule has 16 heavy (non-hydrogen) atoms. The monoisotopic (exact) mass is 284 g/mol. The van der Waals surface area contributed by atoms with Gasteiger partial charge in [0.2, 0.25) is 5.91 Å². The highest BCUT2D eigenvalue weighted by molar-refractivity contribution is 9.10. The maximum absolute atomic E-state index is 11.8. The van der Waals surface area contributed by atoms with E-state index in [1.54, 1.807) is 6.20 Å². The van der Waals surface area contributed by atoms with Crippen molar-refractivity contribution in [2.45, 2.75) is 27.7 Å². The van der Waals surface area contributed by atoms with Gasteiger partial charge in [-0.2, -0.15) is 0 Å². The molecule has 1 amide bonds. The van der Waals surface area contributed by atoms with Crippen molar-refractivity contribution in [3.63, 3.8) is 0 Å². The number of anilines is 1. The van der Waals surface area contributed by atoms with Crippen LogP contribution in [0.4, 0.5) is 5.82 Å². The maximum Gasteiger partial charge on any atom is 0.228 e. The zero-order valence-electron chi connectivity index (χ0n) is 10.0. The van der Waals surface area contributed by atoms with Crippen molar-refractivity contribution < 1.29 is 4.79 Å². The summed E-state index contributed by atoms with van der Waals surface area (Å²) < 4.78 is 0.947. The fourth-order valence-corrected chi connectivity index (χ4v) is 1.37. The second kappa shape index (κ2) is 5.43. The third-order valence-electron chi connectivity index (χ3n) is 2.71. The number of halogens is 1. The lowest BCUT2D eigenvalue weighted by Crippen LogP contribution is -2.24. The van der Waals surface area contributed by atoms with E-state index in [1.807, 2.05) is 33.8 Å². The number of rotatable bonds is 3.